The van der Waals surface area contributed by atoms with Gasteiger partial charge < -0.3 is 5.32 Å². The lowest BCUT2D eigenvalue weighted by Gasteiger charge is -2.39. The third kappa shape index (κ3) is 1.87. The molecule has 0 saturated carbocycles. The molecule has 1 fully saturated rings. The molecule has 1 heterocycles. The number of rotatable bonds is 2. The third-order valence-corrected chi connectivity index (χ3v) is 4.67. The van der Waals surface area contributed by atoms with Crippen LogP contribution < -0.4 is 5.32 Å². The van der Waals surface area contributed by atoms with Crippen molar-refractivity contribution in [1.29, 1.82) is 0 Å². The van der Waals surface area contributed by atoms with E-state index in [-0.39, 0.29) is 12.5 Å². The van der Waals surface area contributed by atoms with E-state index < -0.39 is 20.8 Å². The van der Waals surface area contributed by atoms with Gasteiger partial charge in [0.15, 0.2) is 0 Å². The molecule has 1 aliphatic rings. The molecule has 0 aromatic carbocycles. The van der Waals surface area contributed by atoms with Gasteiger partial charge in [-0.05, 0) is 13.8 Å². The number of alkyl halides is 1. The van der Waals surface area contributed by atoms with E-state index in [2.05, 4.69) is 5.32 Å². The summed E-state index contributed by atoms with van der Waals surface area (Å²) in [5.41, 5.74) is -1.05. The number of hydrogen-bond donors (Lipinski definition) is 1. The number of nitrogens with one attached hydrogen (secondary N) is 1. The Bertz CT molecular complexity index is 339. The molecular weight excluding hydrogens is 228 g/mol. The van der Waals surface area contributed by atoms with E-state index in [0.717, 1.165) is 4.31 Å². The Morgan fingerprint density at radius 2 is 2.14 bits per heavy atom. The maximum absolute atomic E-state index is 11.5. The molecule has 14 heavy (non-hydrogen) atoms. The first-order valence-electron chi connectivity index (χ1n) is 4.17. The van der Waals surface area contributed by atoms with Crippen LogP contribution in [0.4, 0.5) is 0 Å². The monoisotopic (exact) mass is 240 g/mol. The minimum atomic E-state index is -3.52. The van der Waals surface area contributed by atoms with Gasteiger partial charge in [0, 0.05) is 13.1 Å². The van der Waals surface area contributed by atoms with Gasteiger partial charge in [-0.3, -0.25) is 4.79 Å². The molecule has 0 aromatic rings. The van der Waals surface area contributed by atoms with Crippen LogP contribution in [0.5, 0.6) is 0 Å². The lowest BCUT2D eigenvalue weighted by molar-refractivity contribution is -0.131. The highest BCUT2D eigenvalue weighted by Crippen LogP contribution is 2.22. The van der Waals surface area contributed by atoms with Gasteiger partial charge in [-0.1, -0.05) is 0 Å². The van der Waals surface area contributed by atoms with Crippen LogP contribution >= 0.6 is 11.6 Å². The van der Waals surface area contributed by atoms with Crippen LogP contribution in [0.2, 0.25) is 0 Å². The molecule has 1 amide bonds. The fraction of sp³-hybridized carbons (Fsp3) is 0.857. The van der Waals surface area contributed by atoms with Crippen molar-refractivity contribution in [3.8, 4) is 0 Å². The highest BCUT2D eigenvalue weighted by molar-refractivity contribution is 7.90. The standard InChI is InChI=1S/C7H13ClN2O3S/c1-7(2)6(11)9-3-4-10(7)14(12,13)5-8/h3-5H2,1-2H3,(H,9,11). The van der Waals surface area contributed by atoms with Gasteiger partial charge in [0.1, 0.15) is 10.8 Å². The number of carbonyl (C=O) groups is 1. The van der Waals surface area contributed by atoms with Crippen molar-refractivity contribution >= 4 is 27.5 Å². The number of halogens is 1. The Morgan fingerprint density at radius 3 is 2.64 bits per heavy atom. The average molecular weight is 241 g/mol. The number of hydrogen-bond acceptors (Lipinski definition) is 3. The molecule has 0 atom stereocenters. The van der Waals surface area contributed by atoms with Crippen LogP contribution in [-0.4, -0.2) is 42.5 Å². The molecule has 1 aliphatic heterocycles. The number of piperazine rings is 1. The highest BCUT2D eigenvalue weighted by atomic mass is 35.5. The number of amides is 1. The van der Waals surface area contributed by atoms with Crippen LogP contribution in [0.3, 0.4) is 0 Å². The molecule has 0 unspecified atom stereocenters. The summed E-state index contributed by atoms with van der Waals surface area (Å²) in [6, 6.07) is 0. The summed E-state index contributed by atoms with van der Waals surface area (Å²) in [6.07, 6.45) is 0. The molecule has 82 valence electrons. The fourth-order valence-electron chi connectivity index (χ4n) is 1.43. The molecule has 1 N–H and O–H groups in total. The van der Waals surface area contributed by atoms with Crippen LogP contribution in [-0.2, 0) is 14.8 Å². The molecule has 5 nitrogen and oxygen atoms in total. The first kappa shape index (κ1) is 11.7. The summed E-state index contributed by atoms with van der Waals surface area (Å²) in [6.45, 7) is 3.73. The summed E-state index contributed by atoms with van der Waals surface area (Å²) < 4.78 is 24.2. The van der Waals surface area contributed by atoms with Crippen molar-refractivity contribution in [2.45, 2.75) is 19.4 Å². The predicted octanol–water partition coefficient (Wildman–Crippen LogP) is -0.277. The SMILES string of the molecule is CC1(C)C(=O)NCCN1S(=O)(=O)CCl. The molecule has 0 aromatic heterocycles. The fourth-order valence-corrected chi connectivity index (χ4v) is 3.04. The van der Waals surface area contributed by atoms with Gasteiger partial charge in [-0.15, -0.1) is 11.6 Å². The average Bonchev–Trinajstić information content (AvgIpc) is 2.09. The van der Waals surface area contributed by atoms with E-state index in [0.29, 0.717) is 6.54 Å². The Balaban J connectivity index is 3.05. The Morgan fingerprint density at radius 1 is 1.57 bits per heavy atom. The van der Waals surface area contributed by atoms with Crippen LogP contribution in [0.25, 0.3) is 0 Å². The summed E-state index contributed by atoms with van der Waals surface area (Å²) >= 11 is 5.34. The number of sulfonamides is 1. The van der Waals surface area contributed by atoms with E-state index in [1.165, 1.54) is 0 Å². The summed E-state index contributed by atoms with van der Waals surface area (Å²) in [5, 5.41) is 2.11. The molecule has 1 saturated heterocycles. The van der Waals surface area contributed by atoms with Crippen molar-refractivity contribution < 1.29 is 13.2 Å². The maximum Gasteiger partial charge on any atom is 0.241 e. The van der Waals surface area contributed by atoms with E-state index >= 15 is 0 Å². The molecular formula is C7H13ClN2O3S. The second kappa shape index (κ2) is 3.67. The van der Waals surface area contributed by atoms with Gasteiger partial charge in [0.05, 0.1) is 0 Å². The van der Waals surface area contributed by atoms with Gasteiger partial charge in [-0.25, -0.2) is 8.42 Å². The van der Waals surface area contributed by atoms with E-state index in [1.54, 1.807) is 13.8 Å². The predicted molar refractivity (Wildman–Crippen MR) is 53.4 cm³/mol. The zero-order valence-corrected chi connectivity index (χ0v) is 9.65. The minimum Gasteiger partial charge on any atom is -0.353 e. The summed E-state index contributed by atoms with van der Waals surface area (Å²) in [5.74, 6) is -0.294. The molecule has 7 heteroatoms. The number of nitrogens with zero attached hydrogens (tertiary/aromatic N) is 1. The highest BCUT2D eigenvalue weighted by Gasteiger charge is 2.43. The Hall–Kier alpha value is -0.330. The lowest BCUT2D eigenvalue weighted by atomic mass is 10.0. The molecule has 1 rings (SSSR count). The first-order chi connectivity index (χ1) is 6.32. The minimum absolute atomic E-state index is 0.272. The largest absolute Gasteiger partial charge is 0.353 e. The van der Waals surface area contributed by atoms with Crippen molar-refractivity contribution in [2.24, 2.45) is 0 Å². The summed E-state index contributed by atoms with van der Waals surface area (Å²) in [7, 11) is -3.52. The second-order valence-electron chi connectivity index (χ2n) is 3.61. The topological polar surface area (TPSA) is 66.5 Å². The molecule has 0 aliphatic carbocycles. The van der Waals surface area contributed by atoms with Gasteiger partial charge in [0.2, 0.25) is 15.9 Å². The lowest BCUT2D eigenvalue weighted by Crippen LogP contribution is -2.63. The molecule has 0 radical (unpaired) electrons. The molecule has 0 bridgehead atoms. The molecule has 0 spiro atoms. The quantitative estimate of drug-likeness (QED) is 0.676. The zero-order valence-electron chi connectivity index (χ0n) is 8.08. The van der Waals surface area contributed by atoms with Crippen molar-refractivity contribution in [1.82, 2.24) is 9.62 Å². The van der Waals surface area contributed by atoms with Gasteiger partial charge in [0.25, 0.3) is 0 Å². The normalized spacial score (nSPS) is 23.2. The van der Waals surface area contributed by atoms with E-state index in [4.69, 9.17) is 11.6 Å². The van der Waals surface area contributed by atoms with Crippen LogP contribution in [0, 0.1) is 0 Å². The second-order valence-corrected chi connectivity index (χ2v) is 6.09. The van der Waals surface area contributed by atoms with E-state index in [1.807, 2.05) is 0 Å². The van der Waals surface area contributed by atoms with Crippen molar-refractivity contribution in [3.63, 3.8) is 0 Å². The van der Waals surface area contributed by atoms with Gasteiger partial charge in [-0.2, -0.15) is 4.31 Å². The van der Waals surface area contributed by atoms with Crippen molar-refractivity contribution in [3.05, 3.63) is 0 Å². The Labute approximate surface area is 88.5 Å². The Kier molecular flexibility index (Phi) is 3.08. The maximum atomic E-state index is 11.5. The van der Waals surface area contributed by atoms with Crippen molar-refractivity contribution in [2.75, 3.05) is 18.3 Å². The third-order valence-electron chi connectivity index (χ3n) is 2.25. The van der Waals surface area contributed by atoms with E-state index in [9.17, 15) is 13.2 Å². The number of carbonyl (C=O) groups excluding carboxylic acids is 1. The smallest absolute Gasteiger partial charge is 0.241 e. The zero-order chi connectivity index (χ0) is 11.0. The first-order valence-corrected chi connectivity index (χ1v) is 6.31. The summed E-state index contributed by atoms with van der Waals surface area (Å²) in [4.78, 5) is 11.4. The van der Waals surface area contributed by atoms with Crippen LogP contribution in [0.1, 0.15) is 13.8 Å². The van der Waals surface area contributed by atoms with Gasteiger partial charge >= 0.3 is 0 Å². The van der Waals surface area contributed by atoms with Crippen LogP contribution in [0.15, 0.2) is 0 Å².